The van der Waals surface area contributed by atoms with Gasteiger partial charge in [-0.25, -0.2) is 4.39 Å². The number of ketones is 1. The van der Waals surface area contributed by atoms with Crippen LogP contribution in [0.2, 0.25) is 0 Å². The Morgan fingerprint density at radius 2 is 1.68 bits per heavy atom. The molecule has 2 aromatic carbocycles. The number of halogens is 1. The zero-order valence-electron chi connectivity index (χ0n) is 12.3. The first kappa shape index (κ1) is 15.7. The number of carbonyl (C=O) groups is 2. The fraction of sp³-hybridized carbons (Fsp3) is 0.176. The van der Waals surface area contributed by atoms with Crippen molar-refractivity contribution >= 4 is 11.7 Å². The van der Waals surface area contributed by atoms with Crippen LogP contribution in [0.5, 0.6) is 5.75 Å². The molecule has 0 aromatic heterocycles. The number of benzene rings is 2. The van der Waals surface area contributed by atoms with Crippen molar-refractivity contribution in [3.05, 3.63) is 65.0 Å². The van der Waals surface area contributed by atoms with Gasteiger partial charge in [-0.3, -0.25) is 9.59 Å². The zero-order chi connectivity index (χ0) is 16.3. The predicted molar refractivity (Wildman–Crippen MR) is 80.5 cm³/mol. The third-order valence-electron chi connectivity index (χ3n) is 3.32. The lowest BCUT2D eigenvalue weighted by Crippen LogP contribution is -2.32. The average molecular weight is 301 g/mol. The van der Waals surface area contributed by atoms with Gasteiger partial charge >= 0.3 is 0 Å². The molecule has 1 N–H and O–H groups in total. The van der Waals surface area contributed by atoms with Crippen LogP contribution in [-0.2, 0) is 0 Å². The number of aryl methyl sites for hydroxylation is 1. The Bertz CT molecular complexity index is 710. The van der Waals surface area contributed by atoms with Crippen LogP contribution in [0, 0.1) is 12.7 Å². The molecular weight excluding hydrogens is 285 g/mol. The van der Waals surface area contributed by atoms with E-state index in [1.807, 2.05) is 0 Å². The number of phenols is 1. The van der Waals surface area contributed by atoms with E-state index >= 15 is 0 Å². The van der Waals surface area contributed by atoms with E-state index in [1.54, 1.807) is 6.92 Å². The Morgan fingerprint density at radius 1 is 1.09 bits per heavy atom. The van der Waals surface area contributed by atoms with Crippen molar-refractivity contribution in [2.45, 2.75) is 6.92 Å². The number of likely N-dealkylation sites (N-methyl/N-ethyl adjacent to an activating group) is 1. The van der Waals surface area contributed by atoms with Crippen LogP contribution >= 0.6 is 0 Å². The fourth-order valence-electron chi connectivity index (χ4n) is 2.02. The van der Waals surface area contributed by atoms with Crippen LogP contribution in [0.4, 0.5) is 4.39 Å². The van der Waals surface area contributed by atoms with Gasteiger partial charge in [0.1, 0.15) is 11.6 Å². The van der Waals surface area contributed by atoms with Crippen LogP contribution in [-0.4, -0.2) is 35.3 Å². The molecule has 0 radical (unpaired) electrons. The third kappa shape index (κ3) is 3.49. The fourth-order valence-corrected chi connectivity index (χ4v) is 2.02. The van der Waals surface area contributed by atoms with E-state index in [-0.39, 0.29) is 29.8 Å². The highest BCUT2D eigenvalue weighted by molar-refractivity contribution is 6.02. The van der Waals surface area contributed by atoms with Gasteiger partial charge in [-0.15, -0.1) is 0 Å². The molecule has 0 saturated heterocycles. The van der Waals surface area contributed by atoms with Gasteiger partial charge in [0.05, 0.1) is 6.54 Å². The van der Waals surface area contributed by atoms with Gasteiger partial charge in [0.15, 0.2) is 5.78 Å². The molecule has 0 aliphatic heterocycles. The summed E-state index contributed by atoms with van der Waals surface area (Å²) < 4.78 is 13.2. The lowest BCUT2D eigenvalue weighted by atomic mass is 10.1. The van der Waals surface area contributed by atoms with Gasteiger partial charge in [0.2, 0.25) is 0 Å². The Kier molecular flexibility index (Phi) is 4.56. The number of rotatable bonds is 4. The second-order valence-corrected chi connectivity index (χ2v) is 5.10. The van der Waals surface area contributed by atoms with E-state index in [4.69, 9.17) is 0 Å². The molecule has 2 aromatic rings. The summed E-state index contributed by atoms with van der Waals surface area (Å²) in [6.07, 6.45) is 0. The summed E-state index contributed by atoms with van der Waals surface area (Å²) in [5.41, 5.74) is 1.12. The number of amides is 1. The van der Waals surface area contributed by atoms with Gasteiger partial charge in [-0.05, 0) is 55.0 Å². The van der Waals surface area contributed by atoms with Crippen molar-refractivity contribution in [1.29, 1.82) is 0 Å². The number of nitrogens with zero attached hydrogens (tertiary/aromatic N) is 1. The van der Waals surface area contributed by atoms with Crippen LogP contribution in [0.25, 0.3) is 0 Å². The summed E-state index contributed by atoms with van der Waals surface area (Å²) in [5, 5.41) is 9.20. The molecule has 0 bridgehead atoms. The minimum atomic E-state index is -0.376. The minimum Gasteiger partial charge on any atom is -0.508 e. The highest BCUT2D eigenvalue weighted by atomic mass is 19.1. The molecule has 1 amide bonds. The summed E-state index contributed by atoms with van der Waals surface area (Å²) in [4.78, 5) is 25.6. The van der Waals surface area contributed by atoms with Crippen molar-refractivity contribution in [1.82, 2.24) is 4.90 Å². The topological polar surface area (TPSA) is 57.6 Å². The summed E-state index contributed by atoms with van der Waals surface area (Å²) in [5.74, 6) is -0.896. The largest absolute Gasteiger partial charge is 0.508 e. The zero-order valence-corrected chi connectivity index (χ0v) is 12.3. The summed E-state index contributed by atoms with van der Waals surface area (Å²) in [6.45, 7) is 1.48. The molecule has 5 heteroatoms. The number of hydrogen-bond acceptors (Lipinski definition) is 3. The van der Waals surface area contributed by atoms with Crippen molar-refractivity contribution in [3.63, 3.8) is 0 Å². The second kappa shape index (κ2) is 6.39. The SMILES string of the molecule is Cc1cc(C(=O)N(C)CC(=O)c2ccc(O)cc2)ccc1F. The van der Waals surface area contributed by atoms with E-state index < -0.39 is 0 Å². The van der Waals surface area contributed by atoms with E-state index in [0.717, 1.165) is 0 Å². The first-order chi connectivity index (χ1) is 10.4. The van der Waals surface area contributed by atoms with E-state index in [2.05, 4.69) is 0 Å². The Balaban J connectivity index is 2.09. The molecule has 4 nitrogen and oxygen atoms in total. The maximum absolute atomic E-state index is 13.2. The lowest BCUT2D eigenvalue weighted by Gasteiger charge is -2.17. The molecule has 114 valence electrons. The van der Waals surface area contributed by atoms with Crippen LogP contribution in [0.1, 0.15) is 26.3 Å². The molecule has 2 rings (SSSR count). The smallest absolute Gasteiger partial charge is 0.254 e. The number of Topliss-reactive ketones (excluding diaryl/α,β-unsaturated/α-hetero) is 1. The van der Waals surface area contributed by atoms with E-state index in [9.17, 15) is 19.1 Å². The molecule has 0 saturated carbocycles. The first-order valence-electron chi connectivity index (χ1n) is 6.72. The summed E-state index contributed by atoms with van der Waals surface area (Å²) in [6, 6.07) is 9.91. The Hall–Kier alpha value is -2.69. The molecule has 0 spiro atoms. The normalized spacial score (nSPS) is 10.3. The van der Waals surface area contributed by atoms with Crippen molar-refractivity contribution in [2.75, 3.05) is 13.6 Å². The quantitative estimate of drug-likeness (QED) is 0.883. The highest BCUT2D eigenvalue weighted by Crippen LogP contribution is 2.13. The molecule has 0 unspecified atom stereocenters. The number of phenolic OH excluding ortho intramolecular Hbond substituents is 1. The second-order valence-electron chi connectivity index (χ2n) is 5.10. The number of hydrogen-bond donors (Lipinski definition) is 1. The summed E-state index contributed by atoms with van der Waals surface area (Å²) in [7, 11) is 1.51. The average Bonchev–Trinajstić information content (AvgIpc) is 2.49. The predicted octanol–water partition coefficient (Wildman–Crippen LogP) is 2.79. The van der Waals surface area contributed by atoms with E-state index in [0.29, 0.717) is 16.7 Å². The molecular formula is C17H16FNO3. The number of carbonyl (C=O) groups excluding carboxylic acids is 2. The van der Waals surface area contributed by atoms with Crippen LogP contribution < -0.4 is 0 Å². The first-order valence-corrected chi connectivity index (χ1v) is 6.72. The van der Waals surface area contributed by atoms with Crippen LogP contribution in [0.15, 0.2) is 42.5 Å². The van der Waals surface area contributed by atoms with Gasteiger partial charge in [-0.1, -0.05) is 0 Å². The standard InChI is InChI=1S/C17H16FNO3/c1-11-9-13(5-8-15(11)18)17(22)19(2)10-16(21)12-3-6-14(20)7-4-12/h3-9,20H,10H2,1-2H3. The molecule has 0 atom stereocenters. The van der Waals surface area contributed by atoms with E-state index in [1.165, 1.54) is 54.4 Å². The minimum absolute atomic E-state index is 0.0720. The highest BCUT2D eigenvalue weighted by Gasteiger charge is 2.16. The van der Waals surface area contributed by atoms with Gasteiger partial charge < -0.3 is 10.0 Å². The Labute approximate surface area is 127 Å². The van der Waals surface area contributed by atoms with Gasteiger partial charge in [-0.2, -0.15) is 0 Å². The summed E-state index contributed by atoms with van der Waals surface area (Å²) >= 11 is 0. The van der Waals surface area contributed by atoms with Crippen molar-refractivity contribution in [3.8, 4) is 5.75 Å². The molecule has 0 heterocycles. The van der Waals surface area contributed by atoms with Crippen molar-refractivity contribution < 1.29 is 19.1 Å². The van der Waals surface area contributed by atoms with Gasteiger partial charge in [0, 0.05) is 18.2 Å². The lowest BCUT2D eigenvalue weighted by molar-refractivity contribution is 0.0747. The maximum Gasteiger partial charge on any atom is 0.254 e. The monoisotopic (exact) mass is 301 g/mol. The molecule has 0 fully saturated rings. The molecule has 22 heavy (non-hydrogen) atoms. The Morgan fingerprint density at radius 3 is 2.27 bits per heavy atom. The maximum atomic E-state index is 13.2. The van der Waals surface area contributed by atoms with Crippen LogP contribution in [0.3, 0.4) is 0 Å². The molecule has 0 aliphatic rings. The van der Waals surface area contributed by atoms with Crippen molar-refractivity contribution in [2.24, 2.45) is 0 Å². The number of aromatic hydroxyl groups is 1. The molecule has 0 aliphatic carbocycles. The van der Waals surface area contributed by atoms with Gasteiger partial charge in [0.25, 0.3) is 5.91 Å². The third-order valence-corrected chi connectivity index (χ3v) is 3.32.